The molecular weight excluding hydrogens is 184 g/mol. The van der Waals surface area contributed by atoms with E-state index in [-0.39, 0.29) is 17.2 Å². The molecular formula is C9H16N2OS. The maximum atomic E-state index is 11.7. The highest BCUT2D eigenvalue weighted by Gasteiger charge is 2.51. The zero-order chi connectivity index (χ0) is 10.2. The molecule has 0 aromatic carbocycles. The molecule has 0 aromatic heterocycles. The number of nitrogens with two attached hydrogens (primary N) is 1. The van der Waals surface area contributed by atoms with E-state index in [4.69, 9.17) is 18.0 Å². The summed E-state index contributed by atoms with van der Waals surface area (Å²) in [5.41, 5.74) is 5.54. The Morgan fingerprint density at radius 1 is 1.69 bits per heavy atom. The Morgan fingerprint density at radius 2 is 2.15 bits per heavy atom. The van der Waals surface area contributed by atoms with Gasteiger partial charge < -0.3 is 10.6 Å². The van der Waals surface area contributed by atoms with Crippen LogP contribution in [0.5, 0.6) is 0 Å². The van der Waals surface area contributed by atoms with E-state index in [0.29, 0.717) is 11.5 Å². The predicted molar refractivity (Wildman–Crippen MR) is 56.3 cm³/mol. The van der Waals surface area contributed by atoms with Gasteiger partial charge in [-0.2, -0.15) is 0 Å². The van der Waals surface area contributed by atoms with Crippen LogP contribution in [-0.2, 0) is 4.79 Å². The lowest BCUT2D eigenvalue weighted by molar-refractivity contribution is -0.131. The summed E-state index contributed by atoms with van der Waals surface area (Å²) >= 11 is 4.74. The second kappa shape index (κ2) is 3.25. The Bertz CT molecular complexity index is 250. The molecule has 1 aliphatic carbocycles. The smallest absolute Gasteiger partial charge is 0.226 e. The average molecular weight is 200 g/mol. The fraction of sp³-hybridized carbons (Fsp3) is 0.778. The van der Waals surface area contributed by atoms with Crippen LogP contribution in [0.3, 0.4) is 0 Å². The van der Waals surface area contributed by atoms with Gasteiger partial charge in [0.25, 0.3) is 0 Å². The van der Waals surface area contributed by atoms with E-state index in [1.165, 1.54) is 0 Å². The quantitative estimate of drug-likeness (QED) is 0.685. The minimum absolute atomic E-state index is 0.165. The number of likely N-dealkylation sites (N-methyl/N-ethyl adjacent to an activating group) is 1. The van der Waals surface area contributed by atoms with Crippen molar-refractivity contribution < 1.29 is 4.79 Å². The van der Waals surface area contributed by atoms with Crippen LogP contribution < -0.4 is 5.73 Å². The topological polar surface area (TPSA) is 46.3 Å². The fourth-order valence-electron chi connectivity index (χ4n) is 1.47. The Kier molecular flexibility index (Phi) is 2.61. The van der Waals surface area contributed by atoms with Gasteiger partial charge in [-0.25, -0.2) is 0 Å². The summed E-state index contributed by atoms with van der Waals surface area (Å²) in [6.07, 6.45) is 0.980. The summed E-state index contributed by atoms with van der Waals surface area (Å²) < 4.78 is 0. The van der Waals surface area contributed by atoms with E-state index in [1.54, 1.807) is 11.9 Å². The third kappa shape index (κ3) is 2.40. The summed E-state index contributed by atoms with van der Waals surface area (Å²) in [5, 5.41) is 0. The van der Waals surface area contributed by atoms with Crippen molar-refractivity contribution in [2.75, 3.05) is 13.6 Å². The largest absolute Gasteiger partial charge is 0.392 e. The first kappa shape index (κ1) is 10.4. The monoisotopic (exact) mass is 200 g/mol. The van der Waals surface area contributed by atoms with Gasteiger partial charge >= 0.3 is 0 Å². The van der Waals surface area contributed by atoms with Gasteiger partial charge in [0.05, 0.1) is 11.5 Å². The van der Waals surface area contributed by atoms with E-state index in [2.05, 4.69) is 13.8 Å². The number of thiocarbonyl (C=S) groups is 1. The average Bonchev–Trinajstić information content (AvgIpc) is 2.57. The van der Waals surface area contributed by atoms with Crippen LogP contribution in [0.15, 0.2) is 0 Å². The number of nitrogens with zero attached hydrogens (tertiary/aromatic N) is 1. The van der Waals surface area contributed by atoms with Crippen molar-refractivity contribution in [2.45, 2.75) is 20.3 Å². The van der Waals surface area contributed by atoms with E-state index in [9.17, 15) is 4.79 Å². The van der Waals surface area contributed by atoms with Gasteiger partial charge in [-0.3, -0.25) is 4.79 Å². The molecule has 13 heavy (non-hydrogen) atoms. The molecule has 74 valence electrons. The molecule has 0 saturated heterocycles. The van der Waals surface area contributed by atoms with Gasteiger partial charge in [-0.15, -0.1) is 0 Å². The highest BCUT2D eigenvalue weighted by Crippen LogP contribution is 2.52. The zero-order valence-corrected chi connectivity index (χ0v) is 9.15. The molecule has 0 spiro atoms. The van der Waals surface area contributed by atoms with Gasteiger partial charge in [-0.1, -0.05) is 26.1 Å². The van der Waals surface area contributed by atoms with Crippen molar-refractivity contribution in [2.24, 2.45) is 17.1 Å². The van der Waals surface area contributed by atoms with Gasteiger partial charge in [-0.05, 0) is 11.8 Å². The third-order valence-corrected chi connectivity index (χ3v) is 2.71. The van der Waals surface area contributed by atoms with Crippen molar-refractivity contribution >= 4 is 23.1 Å². The first-order valence-corrected chi connectivity index (χ1v) is 4.78. The molecule has 0 aromatic rings. The van der Waals surface area contributed by atoms with Crippen LogP contribution in [0.1, 0.15) is 20.3 Å². The molecule has 3 nitrogen and oxygen atoms in total. The van der Waals surface area contributed by atoms with E-state index in [1.807, 2.05) is 0 Å². The summed E-state index contributed by atoms with van der Waals surface area (Å²) in [7, 11) is 1.75. The first-order chi connectivity index (χ1) is 5.84. The fourth-order valence-corrected chi connectivity index (χ4v) is 1.66. The number of rotatable bonds is 3. The molecule has 1 atom stereocenters. The van der Waals surface area contributed by atoms with Crippen LogP contribution in [0, 0.1) is 11.3 Å². The van der Waals surface area contributed by atoms with Gasteiger partial charge in [0, 0.05) is 13.0 Å². The predicted octanol–water partition coefficient (Wildman–Crippen LogP) is 0.777. The van der Waals surface area contributed by atoms with Gasteiger partial charge in [0.2, 0.25) is 5.91 Å². The second-order valence-electron chi connectivity index (χ2n) is 4.41. The number of carbonyl (C=O) groups excluding carboxylic acids is 1. The molecule has 1 aliphatic rings. The van der Waals surface area contributed by atoms with E-state index in [0.717, 1.165) is 6.42 Å². The van der Waals surface area contributed by atoms with Gasteiger partial charge in [0.1, 0.15) is 0 Å². The van der Waals surface area contributed by atoms with Crippen LogP contribution in [0.4, 0.5) is 0 Å². The first-order valence-electron chi connectivity index (χ1n) is 4.38. The highest BCUT2D eigenvalue weighted by atomic mass is 32.1. The molecule has 1 fully saturated rings. The minimum atomic E-state index is 0.165. The molecule has 1 rings (SSSR count). The van der Waals surface area contributed by atoms with Crippen LogP contribution >= 0.6 is 12.2 Å². The van der Waals surface area contributed by atoms with E-state index < -0.39 is 0 Å². The van der Waals surface area contributed by atoms with Crippen molar-refractivity contribution in [1.29, 1.82) is 0 Å². The van der Waals surface area contributed by atoms with Crippen LogP contribution in [0.2, 0.25) is 0 Å². The number of amides is 1. The summed E-state index contributed by atoms with van der Waals surface area (Å²) in [6.45, 7) is 4.59. The standard InChI is InChI=1S/C9H16N2OS/c1-9(2)4-6(9)8(12)11(3)5-7(10)13/h6H,4-5H2,1-3H3,(H2,10,13). The highest BCUT2D eigenvalue weighted by molar-refractivity contribution is 7.80. The molecule has 2 N–H and O–H groups in total. The summed E-state index contributed by atoms with van der Waals surface area (Å²) in [6, 6.07) is 0. The third-order valence-electron chi connectivity index (χ3n) is 2.58. The SMILES string of the molecule is CN(CC(N)=S)C(=O)C1CC1(C)C. The molecule has 0 aliphatic heterocycles. The maximum Gasteiger partial charge on any atom is 0.226 e. The Hall–Kier alpha value is -0.640. The molecule has 4 heteroatoms. The molecule has 1 saturated carbocycles. The lowest BCUT2D eigenvalue weighted by Crippen LogP contribution is -2.36. The molecule has 0 bridgehead atoms. The molecule has 1 amide bonds. The molecule has 0 radical (unpaired) electrons. The van der Waals surface area contributed by atoms with Crippen molar-refractivity contribution in [1.82, 2.24) is 4.90 Å². The van der Waals surface area contributed by atoms with Crippen LogP contribution in [-0.4, -0.2) is 29.4 Å². The Labute approximate surface area is 84.3 Å². The van der Waals surface area contributed by atoms with Crippen molar-refractivity contribution in [3.8, 4) is 0 Å². The van der Waals surface area contributed by atoms with Gasteiger partial charge in [0.15, 0.2) is 0 Å². The summed E-state index contributed by atoms with van der Waals surface area (Å²) in [4.78, 5) is 13.6. The summed E-state index contributed by atoms with van der Waals surface area (Å²) in [5.74, 6) is 0.338. The zero-order valence-electron chi connectivity index (χ0n) is 8.33. The van der Waals surface area contributed by atoms with Crippen molar-refractivity contribution in [3.05, 3.63) is 0 Å². The van der Waals surface area contributed by atoms with Crippen LogP contribution in [0.25, 0.3) is 0 Å². The van der Waals surface area contributed by atoms with Crippen molar-refractivity contribution in [3.63, 3.8) is 0 Å². The number of hydrogen-bond acceptors (Lipinski definition) is 2. The van der Waals surface area contributed by atoms with E-state index >= 15 is 0 Å². The Balaban J connectivity index is 2.45. The Morgan fingerprint density at radius 3 is 2.46 bits per heavy atom. The number of carbonyl (C=O) groups is 1. The lowest BCUT2D eigenvalue weighted by Gasteiger charge is -2.16. The number of hydrogen-bond donors (Lipinski definition) is 1. The maximum absolute atomic E-state index is 11.7. The lowest BCUT2D eigenvalue weighted by atomic mass is 10.1. The second-order valence-corrected chi connectivity index (χ2v) is 4.93. The molecule has 0 heterocycles. The molecule has 1 unspecified atom stereocenters. The normalized spacial score (nSPS) is 23.8. The minimum Gasteiger partial charge on any atom is -0.392 e.